The summed E-state index contributed by atoms with van der Waals surface area (Å²) in [5, 5.41) is 5.75. The van der Waals surface area contributed by atoms with Crippen molar-refractivity contribution in [3.63, 3.8) is 0 Å². The molecule has 0 saturated carbocycles. The van der Waals surface area contributed by atoms with Gasteiger partial charge in [0.1, 0.15) is 0 Å². The number of amides is 1. The first-order chi connectivity index (χ1) is 11.7. The van der Waals surface area contributed by atoms with Crippen molar-refractivity contribution in [2.75, 3.05) is 31.1 Å². The van der Waals surface area contributed by atoms with Gasteiger partial charge in [0.15, 0.2) is 11.5 Å². The number of carbonyl (C=O) groups excluding carboxylic acids is 2. The van der Waals surface area contributed by atoms with Crippen LogP contribution in [-0.2, 0) is 9.53 Å². The normalized spacial score (nSPS) is 11.7. The predicted molar refractivity (Wildman–Crippen MR) is 87.5 cm³/mol. The maximum Gasteiger partial charge on any atom is 0.337 e. The molecule has 7 heteroatoms. The molecule has 0 aliphatic carbocycles. The van der Waals surface area contributed by atoms with Crippen molar-refractivity contribution in [1.29, 1.82) is 0 Å². The smallest absolute Gasteiger partial charge is 0.337 e. The maximum atomic E-state index is 12.0. The first-order valence-electron chi connectivity index (χ1n) is 7.27. The van der Waals surface area contributed by atoms with E-state index >= 15 is 0 Å². The number of rotatable bonds is 5. The van der Waals surface area contributed by atoms with Gasteiger partial charge in [-0.3, -0.25) is 4.79 Å². The molecule has 0 bridgehead atoms. The van der Waals surface area contributed by atoms with Crippen molar-refractivity contribution >= 4 is 23.3 Å². The fraction of sp³-hybridized carbons (Fsp3) is 0.176. The molecule has 2 aromatic rings. The molecule has 124 valence electrons. The number of hydrogen-bond donors (Lipinski definition) is 2. The van der Waals surface area contributed by atoms with E-state index in [0.29, 0.717) is 22.7 Å². The highest BCUT2D eigenvalue weighted by atomic mass is 16.7. The average molecular weight is 328 g/mol. The number of fused-ring (bicyclic) bond motifs is 1. The molecule has 0 fully saturated rings. The Balaban J connectivity index is 1.53. The second-order valence-corrected chi connectivity index (χ2v) is 5.04. The molecule has 2 aromatic carbocycles. The first-order valence-corrected chi connectivity index (χ1v) is 7.27. The lowest BCUT2D eigenvalue weighted by molar-refractivity contribution is -0.114. The van der Waals surface area contributed by atoms with Crippen LogP contribution >= 0.6 is 0 Å². The van der Waals surface area contributed by atoms with Gasteiger partial charge in [0, 0.05) is 17.4 Å². The van der Waals surface area contributed by atoms with E-state index in [1.165, 1.54) is 7.11 Å². The summed E-state index contributed by atoms with van der Waals surface area (Å²) in [5.41, 5.74) is 1.78. The summed E-state index contributed by atoms with van der Waals surface area (Å²) in [5.74, 6) is 0.713. The zero-order valence-corrected chi connectivity index (χ0v) is 13.0. The summed E-state index contributed by atoms with van der Waals surface area (Å²) < 4.78 is 15.1. The number of esters is 1. The number of ether oxygens (including phenoxy) is 3. The van der Waals surface area contributed by atoms with Crippen molar-refractivity contribution in [2.45, 2.75) is 0 Å². The third kappa shape index (κ3) is 3.57. The van der Waals surface area contributed by atoms with Crippen molar-refractivity contribution in [3.8, 4) is 11.5 Å². The van der Waals surface area contributed by atoms with E-state index in [9.17, 15) is 9.59 Å². The minimum Gasteiger partial charge on any atom is -0.465 e. The van der Waals surface area contributed by atoms with Crippen LogP contribution in [-0.4, -0.2) is 32.3 Å². The van der Waals surface area contributed by atoms with E-state index in [2.05, 4.69) is 15.4 Å². The van der Waals surface area contributed by atoms with Crippen molar-refractivity contribution in [1.82, 2.24) is 0 Å². The Morgan fingerprint density at radius 2 is 1.75 bits per heavy atom. The third-order valence-electron chi connectivity index (χ3n) is 3.42. The second-order valence-electron chi connectivity index (χ2n) is 5.04. The van der Waals surface area contributed by atoms with Gasteiger partial charge in [-0.25, -0.2) is 4.79 Å². The lowest BCUT2D eigenvalue weighted by Gasteiger charge is -2.09. The lowest BCUT2D eigenvalue weighted by atomic mass is 10.2. The zero-order valence-electron chi connectivity index (χ0n) is 13.0. The number of anilines is 2. The van der Waals surface area contributed by atoms with Crippen molar-refractivity contribution < 1.29 is 23.8 Å². The second kappa shape index (κ2) is 6.91. The minimum atomic E-state index is -0.419. The predicted octanol–water partition coefficient (Wildman–Crippen LogP) is 2.25. The Kier molecular flexibility index (Phi) is 4.51. The van der Waals surface area contributed by atoms with E-state index < -0.39 is 5.97 Å². The monoisotopic (exact) mass is 328 g/mol. The lowest BCUT2D eigenvalue weighted by Crippen LogP contribution is -2.21. The van der Waals surface area contributed by atoms with Gasteiger partial charge in [0.25, 0.3) is 0 Å². The summed E-state index contributed by atoms with van der Waals surface area (Å²) in [7, 11) is 1.32. The quantitative estimate of drug-likeness (QED) is 0.819. The van der Waals surface area contributed by atoms with Crippen LogP contribution in [0.15, 0.2) is 42.5 Å². The molecule has 7 nitrogen and oxygen atoms in total. The summed E-state index contributed by atoms with van der Waals surface area (Å²) >= 11 is 0. The number of benzene rings is 2. The Labute approximate surface area is 138 Å². The highest BCUT2D eigenvalue weighted by Gasteiger charge is 2.13. The van der Waals surface area contributed by atoms with Crippen molar-refractivity contribution in [3.05, 3.63) is 48.0 Å². The van der Waals surface area contributed by atoms with Gasteiger partial charge >= 0.3 is 5.97 Å². The van der Waals surface area contributed by atoms with Crippen LogP contribution in [0, 0.1) is 0 Å². The molecule has 2 N–H and O–H groups in total. The van der Waals surface area contributed by atoms with E-state index in [0.717, 1.165) is 5.69 Å². The molecule has 1 heterocycles. The van der Waals surface area contributed by atoms with E-state index in [-0.39, 0.29) is 19.2 Å². The third-order valence-corrected chi connectivity index (χ3v) is 3.42. The highest BCUT2D eigenvalue weighted by molar-refractivity contribution is 5.95. The Bertz CT molecular complexity index is 758. The topological polar surface area (TPSA) is 85.9 Å². The van der Waals surface area contributed by atoms with Crippen LogP contribution in [0.5, 0.6) is 11.5 Å². The van der Waals surface area contributed by atoms with Crippen LogP contribution < -0.4 is 20.1 Å². The van der Waals surface area contributed by atoms with Crippen molar-refractivity contribution in [2.24, 2.45) is 0 Å². The number of carbonyl (C=O) groups is 2. The fourth-order valence-corrected chi connectivity index (χ4v) is 2.20. The summed E-state index contributed by atoms with van der Waals surface area (Å²) in [6.45, 7) is 0.305. The Morgan fingerprint density at radius 1 is 1.04 bits per heavy atom. The fourth-order valence-electron chi connectivity index (χ4n) is 2.20. The molecule has 1 aliphatic rings. The molecule has 0 unspecified atom stereocenters. The van der Waals surface area contributed by atoms with Gasteiger partial charge in [-0.2, -0.15) is 0 Å². The molecule has 0 spiro atoms. The summed E-state index contributed by atoms with van der Waals surface area (Å²) in [6, 6.07) is 11.8. The molecule has 1 amide bonds. The SMILES string of the molecule is COC(=O)c1ccc(NC(=O)CNc2ccc3c(c2)OCO3)cc1. The Morgan fingerprint density at radius 3 is 2.50 bits per heavy atom. The van der Waals surface area contributed by atoms with E-state index in [1.54, 1.807) is 36.4 Å². The number of methoxy groups -OCH3 is 1. The van der Waals surface area contributed by atoms with Crippen LogP contribution in [0.2, 0.25) is 0 Å². The number of nitrogens with one attached hydrogen (secondary N) is 2. The highest BCUT2D eigenvalue weighted by Crippen LogP contribution is 2.34. The standard InChI is InChI=1S/C17H16N2O5/c1-22-17(21)11-2-4-12(5-3-11)19-16(20)9-18-13-6-7-14-15(8-13)24-10-23-14/h2-8,18H,9-10H2,1H3,(H,19,20). The molecule has 3 rings (SSSR count). The largest absolute Gasteiger partial charge is 0.465 e. The summed E-state index contributed by atoms with van der Waals surface area (Å²) in [6.07, 6.45) is 0. The molecule has 0 radical (unpaired) electrons. The maximum absolute atomic E-state index is 12.0. The molecule has 0 aromatic heterocycles. The zero-order chi connectivity index (χ0) is 16.9. The summed E-state index contributed by atoms with van der Waals surface area (Å²) in [4.78, 5) is 23.3. The van der Waals surface area contributed by atoms with Crippen LogP contribution in [0.3, 0.4) is 0 Å². The molecular weight excluding hydrogens is 312 g/mol. The molecule has 24 heavy (non-hydrogen) atoms. The van der Waals surface area contributed by atoms with Gasteiger partial charge in [0.05, 0.1) is 19.2 Å². The minimum absolute atomic E-state index is 0.0956. The Hall–Kier alpha value is -3.22. The van der Waals surface area contributed by atoms with Crippen LogP contribution in [0.1, 0.15) is 10.4 Å². The first kappa shape index (κ1) is 15.7. The van der Waals surface area contributed by atoms with Crippen LogP contribution in [0.4, 0.5) is 11.4 Å². The van der Waals surface area contributed by atoms with Gasteiger partial charge in [-0.15, -0.1) is 0 Å². The molecular formula is C17H16N2O5. The molecule has 0 saturated heterocycles. The van der Waals surface area contributed by atoms with Gasteiger partial charge in [-0.1, -0.05) is 0 Å². The average Bonchev–Trinajstić information content (AvgIpc) is 3.07. The van der Waals surface area contributed by atoms with Crippen LogP contribution in [0.25, 0.3) is 0 Å². The van der Waals surface area contributed by atoms with Gasteiger partial charge in [-0.05, 0) is 36.4 Å². The molecule has 0 atom stereocenters. The van der Waals surface area contributed by atoms with Gasteiger partial charge < -0.3 is 24.8 Å². The van der Waals surface area contributed by atoms with E-state index in [1.807, 2.05) is 6.07 Å². The molecule has 1 aliphatic heterocycles. The van der Waals surface area contributed by atoms with Gasteiger partial charge in [0.2, 0.25) is 12.7 Å². The number of hydrogen-bond acceptors (Lipinski definition) is 6. The van der Waals surface area contributed by atoms with E-state index in [4.69, 9.17) is 9.47 Å².